The van der Waals surface area contributed by atoms with Crippen LogP contribution in [0.1, 0.15) is 6.92 Å². The zero-order valence-corrected chi connectivity index (χ0v) is 17.1. The van der Waals surface area contributed by atoms with Crippen LogP contribution in [0.2, 0.25) is 0 Å². The third-order valence-electron chi connectivity index (χ3n) is 2.86. The van der Waals surface area contributed by atoms with Crippen LogP contribution in [0.15, 0.2) is 29.1 Å². The van der Waals surface area contributed by atoms with Crippen LogP contribution in [0.4, 0.5) is 4.39 Å². The van der Waals surface area contributed by atoms with Gasteiger partial charge in [-0.2, -0.15) is 12.1 Å². The maximum atomic E-state index is 14.2. The van der Waals surface area contributed by atoms with Gasteiger partial charge in [0.05, 0.1) is 5.82 Å². The van der Waals surface area contributed by atoms with E-state index in [2.05, 4.69) is 17.9 Å². The molecule has 0 aliphatic carbocycles. The average Bonchev–Trinajstić information content (AvgIpc) is 2.46. The largest absolute Gasteiger partial charge is 0.481 e. The Morgan fingerprint density at radius 2 is 2.18 bits per heavy atom. The van der Waals surface area contributed by atoms with Crippen molar-refractivity contribution in [1.82, 2.24) is 4.57 Å². The molecule has 6 heteroatoms. The van der Waals surface area contributed by atoms with E-state index in [4.69, 9.17) is 4.74 Å². The molecule has 1 aromatic heterocycles. The molecule has 0 unspecified atom stereocenters. The molecule has 0 aliphatic rings. The van der Waals surface area contributed by atoms with Crippen molar-refractivity contribution >= 4 is 22.6 Å². The summed E-state index contributed by atoms with van der Waals surface area (Å²) in [5.74, 6) is 5.36. The van der Waals surface area contributed by atoms with Crippen LogP contribution >= 0.6 is 22.6 Å². The first-order valence-electron chi connectivity index (χ1n) is 6.14. The monoisotopic (exact) mass is 485 g/mol. The minimum absolute atomic E-state index is 0. The van der Waals surface area contributed by atoms with Gasteiger partial charge in [-0.1, -0.05) is 17.2 Å². The van der Waals surface area contributed by atoms with Gasteiger partial charge in [0.2, 0.25) is 5.56 Å². The molecule has 22 heavy (non-hydrogen) atoms. The Bertz CT molecular complexity index is 793. The van der Waals surface area contributed by atoms with Gasteiger partial charge in [-0.3, -0.25) is 4.79 Å². The van der Waals surface area contributed by atoms with Crippen LogP contribution in [0.25, 0.3) is 11.3 Å². The van der Waals surface area contributed by atoms with Gasteiger partial charge in [-0.25, -0.2) is 4.39 Å². The summed E-state index contributed by atoms with van der Waals surface area (Å²) in [6, 6.07) is 8.98. The Kier molecular flexibility index (Phi) is 7.74. The predicted octanol–water partition coefficient (Wildman–Crippen LogP) is 3.00. The van der Waals surface area contributed by atoms with Crippen molar-refractivity contribution in [2.45, 2.75) is 6.92 Å². The maximum Gasteiger partial charge on any atom is 0.207 e. The Morgan fingerprint density at radius 1 is 1.45 bits per heavy atom. The molecule has 0 saturated heterocycles. The number of hydrogen-bond acceptors (Lipinski definition) is 2. The second-order valence-corrected chi connectivity index (χ2v) is 5.37. The molecule has 0 spiro atoms. The summed E-state index contributed by atoms with van der Waals surface area (Å²) in [5, 5.41) is 0. The van der Waals surface area contributed by atoms with Crippen molar-refractivity contribution in [3.63, 3.8) is 0 Å². The third kappa shape index (κ3) is 4.40. The van der Waals surface area contributed by atoms with E-state index < -0.39 is 5.82 Å². The van der Waals surface area contributed by atoms with E-state index in [0.29, 0.717) is 20.6 Å². The number of hydrogen-bond donors (Lipinski definition) is 0. The van der Waals surface area contributed by atoms with Crippen molar-refractivity contribution in [2.75, 3.05) is 6.61 Å². The van der Waals surface area contributed by atoms with Crippen LogP contribution in [0.5, 0.6) is 5.75 Å². The fourth-order valence-corrected chi connectivity index (χ4v) is 2.30. The molecule has 0 fully saturated rings. The molecule has 3 nitrogen and oxygen atoms in total. The minimum atomic E-state index is -0.468. The Morgan fingerprint density at radius 3 is 2.82 bits per heavy atom. The van der Waals surface area contributed by atoms with Gasteiger partial charge < -0.3 is 9.30 Å². The zero-order chi connectivity index (χ0) is 15.4. The fraction of sp³-hybridized carbons (Fsp3) is 0.188. The number of aromatic nitrogens is 1. The summed E-state index contributed by atoms with van der Waals surface area (Å²) in [5.41, 5.74) is 0.528. The third-order valence-corrected chi connectivity index (χ3v) is 3.64. The van der Waals surface area contributed by atoms with Gasteiger partial charge in [-0.05, 0) is 16.6 Å². The summed E-state index contributed by atoms with van der Waals surface area (Å²) in [6.07, 6.45) is 0. The normalized spacial score (nSPS) is 9.45. The fourth-order valence-electron chi connectivity index (χ4n) is 1.78. The average molecular weight is 485 g/mol. The molecule has 1 aromatic carbocycles. The molecule has 1 radical (unpaired) electrons. The van der Waals surface area contributed by atoms with E-state index in [1.165, 1.54) is 10.6 Å². The van der Waals surface area contributed by atoms with E-state index in [0.717, 1.165) is 0 Å². The first kappa shape index (κ1) is 19.3. The summed E-state index contributed by atoms with van der Waals surface area (Å²) in [6.45, 7) is 1.92. The standard InChI is InChI=1S/C16H12FINO2.Y/c1-3-4-9-21-11-5-6-12(13(17)10-11)15-8-7-14(18)16(20)19(15)2;/h5-7,10H,9H2,1-2H3;/q-1;. The van der Waals surface area contributed by atoms with E-state index in [1.54, 1.807) is 32.2 Å². The SMILES string of the molecule is CC#CCOc1ccc(-c2[c-]cc(I)c(=O)n2C)c(F)c1.[Y]. The van der Waals surface area contributed by atoms with Gasteiger partial charge in [0.15, 0.2) is 0 Å². The van der Waals surface area contributed by atoms with Crippen LogP contribution in [0, 0.1) is 27.3 Å². The van der Waals surface area contributed by atoms with Crippen molar-refractivity contribution < 1.29 is 41.8 Å². The molecule has 0 amide bonds. The summed E-state index contributed by atoms with van der Waals surface area (Å²) in [4.78, 5) is 11.9. The molecule has 2 rings (SSSR count). The maximum absolute atomic E-state index is 14.2. The molecular formula is C16H12FINO2Y-. The molecule has 0 atom stereocenters. The van der Waals surface area contributed by atoms with Gasteiger partial charge in [-0.15, -0.1) is 34.6 Å². The minimum Gasteiger partial charge on any atom is -0.481 e. The van der Waals surface area contributed by atoms with E-state index >= 15 is 0 Å². The van der Waals surface area contributed by atoms with Gasteiger partial charge in [0.25, 0.3) is 0 Å². The van der Waals surface area contributed by atoms with Crippen LogP contribution in [-0.4, -0.2) is 11.2 Å². The Balaban J connectivity index is 0.00000242. The molecule has 1 heterocycles. The van der Waals surface area contributed by atoms with Crippen molar-refractivity contribution in [2.24, 2.45) is 7.05 Å². The van der Waals surface area contributed by atoms with E-state index in [9.17, 15) is 9.18 Å². The van der Waals surface area contributed by atoms with Crippen LogP contribution in [0.3, 0.4) is 0 Å². The van der Waals surface area contributed by atoms with E-state index in [-0.39, 0.29) is 44.9 Å². The molecule has 0 saturated carbocycles. The van der Waals surface area contributed by atoms with Gasteiger partial charge >= 0.3 is 0 Å². The summed E-state index contributed by atoms with van der Waals surface area (Å²) < 4.78 is 21.4. The number of nitrogens with zero attached hydrogens (tertiary/aromatic N) is 1. The molecule has 2 aromatic rings. The first-order chi connectivity index (χ1) is 10.0. The van der Waals surface area contributed by atoms with Crippen LogP contribution in [-0.2, 0) is 39.8 Å². The quantitative estimate of drug-likeness (QED) is 0.381. The molecule has 111 valence electrons. The zero-order valence-electron chi connectivity index (χ0n) is 12.1. The van der Waals surface area contributed by atoms with Crippen molar-refractivity contribution in [3.05, 3.63) is 50.1 Å². The van der Waals surface area contributed by atoms with Crippen molar-refractivity contribution in [1.29, 1.82) is 0 Å². The summed E-state index contributed by atoms with van der Waals surface area (Å²) in [7, 11) is 1.59. The number of ether oxygens (including phenoxy) is 1. The smallest absolute Gasteiger partial charge is 0.207 e. The second-order valence-electron chi connectivity index (χ2n) is 4.21. The Hall–Kier alpha value is -0.706. The van der Waals surface area contributed by atoms with Crippen LogP contribution < -0.4 is 10.3 Å². The first-order valence-corrected chi connectivity index (χ1v) is 7.22. The number of halogens is 2. The predicted molar refractivity (Wildman–Crippen MR) is 87.6 cm³/mol. The van der Waals surface area contributed by atoms with Gasteiger partial charge in [0, 0.05) is 45.8 Å². The number of rotatable bonds is 3. The van der Waals surface area contributed by atoms with Gasteiger partial charge in [0.1, 0.15) is 12.4 Å². The second kappa shape index (κ2) is 8.80. The Labute approximate surface area is 167 Å². The molecule has 0 bridgehead atoms. The molecular weight excluding hydrogens is 473 g/mol. The number of pyridine rings is 1. The van der Waals surface area contributed by atoms with E-state index in [1.807, 2.05) is 22.6 Å². The topological polar surface area (TPSA) is 31.2 Å². The number of benzene rings is 1. The molecule has 0 aliphatic heterocycles. The summed E-state index contributed by atoms with van der Waals surface area (Å²) >= 11 is 1.93. The van der Waals surface area contributed by atoms with Crippen molar-refractivity contribution in [3.8, 4) is 28.8 Å². The molecule has 0 N–H and O–H groups in total.